The summed E-state index contributed by atoms with van der Waals surface area (Å²) in [6.45, 7) is 0. The first-order valence-corrected chi connectivity index (χ1v) is 11.6. The van der Waals surface area contributed by atoms with Crippen molar-refractivity contribution in [2.75, 3.05) is 10.6 Å². The zero-order valence-corrected chi connectivity index (χ0v) is 18.0. The van der Waals surface area contributed by atoms with E-state index >= 15 is 0 Å². The monoisotopic (exact) mass is 441 g/mol. The molecule has 0 amide bonds. The van der Waals surface area contributed by atoms with E-state index in [2.05, 4.69) is 25.2 Å². The molecule has 2 aliphatic carbocycles. The summed E-state index contributed by atoms with van der Waals surface area (Å²) in [5, 5.41) is 6.53. The van der Waals surface area contributed by atoms with Crippen LogP contribution in [0.3, 0.4) is 0 Å². The van der Waals surface area contributed by atoms with Crippen LogP contribution in [0.25, 0.3) is 11.2 Å². The summed E-state index contributed by atoms with van der Waals surface area (Å²) in [6, 6.07) is 4.30. The molecule has 170 valence electrons. The summed E-state index contributed by atoms with van der Waals surface area (Å²) in [6.07, 6.45) is 11.2. The van der Waals surface area contributed by atoms with E-state index in [1.54, 1.807) is 6.20 Å². The van der Waals surface area contributed by atoms with E-state index in [0.717, 1.165) is 63.1 Å². The van der Waals surface area contributed by atoms with Crippen molar-refractivity contribution in [1.29, 1.82) is 0 Å². The van der Waals surface area contributed by atoms with Crippen LogP contribution in [0, 0.1) is 11.6 Å². The zero-order chi connectivity index (χ0) is 22.1. The number of anilines is 3. The summed E-state index contributed by atoms with van der Waals surface area (Å²) in [4.78, 5) is 14.0. The molecule has 0 bridgehead atoms. The number of hydrogen-bond acceptors (Lipinski definition) is 6. The number of halogens is 2. The normalized spacial score (nSPS) is 22.2. The van der Waals surface area contributed by atoms with Crippen LogP contribution in [0.1, 0.15) is 63.8 Å². The Labute approximate surface area is 185 Å². The Morgan fingerprint density at radius 1 is 0.969 bits per heavy atom. The van der Waals surface area contributed by atoms with Gasteiger partial charge in [0.25, 0.3) is 0 Å². The summed E-state index contributed by atoms with van der Waals surface area (Å²) in [5.41, 5.74) is 7.59. The summed E-state index contributed by atoms with van der Waals surface area (Å²) in [7, 11) is 0. The maximum Gasteiger partial charge on any atom is 0.224 e. The number of nitrogens with zero attached hydrogens (tertiary/aromatic N) is 4. The van der Waals surface area contributed by atoms with E-state index in [4.69, 9.17) is 10.7 Å². The second kappa shape index (κ2) is 8.97. The van der Waals surface area contributed by atoms with Gasteiger partial charge in [-0.15, -0.1) is 0 Å². The minimum Gasteiger partial charge on any atom is -0.351 e. The Morgan fingerprint density at radius 2 is 1.75 bits per heavy atom. The summed E-state index contributed by atoms with van der Waals surface area (Å²) >= 11 is 0. The van der Waals surface area contributed by atoms with Gasteiger partial charge in [-0.3, -0.25) is 4.57 Å². The fraction of sp³-hybridized carbons (Fsp3) is 0.522. The lowest BCUT2D eigenvalue weighted by Crippen LogP contribution is -2.33. The van der Waals surface area contributed by atoms with Crippen LogP contribution >= 0.6 is 0 Å². The van der Waals surface area contributed by atoms with Crippen LogP contribution in [0.4, 0.5) is 26.4 Å². The van der Waals surface area contributed by atoms with Crippen LogP contribution < -0.4 is 16.4 Å². The van der Waals surface area contributed by atoms with Gasteiger partial charge >= 0.3 is 0 Å². The molecule has 9 heteroatoms. The number of benzene rings is 1. The fourth-order valence-corrected chi connectivity index (χ4v) is 4.89. The van der Waals surface area contributed by atoms with E-state index in [-0.39, 0.29) is 17.8 Å². The van der Waals surface area contributed by atoms with Crippen LogP contribution in [-0.2, 0) is 0 Å². The molecule has 2 aromatic heterocycles. The lowest BCUT2D eigenvalue weighted by molar-refractivity contribution is 0.361. The van der Waals surface area contributed by atoms with E-state index in [1.165, 1.54) is 18.6 Å². The van der Waals surface area contributed by atoms with Crippen LogP contribution in [0.5, 0.6) is 0 Å². The Hall–Kier alpha value is -2.81. The minimum absolute atomic E-state index is 0.184. The third-order valence-corrected chi connectivity index (χ3v) is 6.66. The van der Waals surface area contributed by atoms with Crippen molar-refractivity contribution in [2.45, 2.75) is 75.9 Å². The third kappa shape index (κ3) is 4.39. The number of nitrogens with one attached hydrogen (secondary N) is 2. The van der Waals surface area contributed by atoms with E-state index in [9.17, 15) is 8.78 Å². The molecular weight excluding hydrogens is 412 g/mol. The van der Waals surface area contributed by atoms with Crippen LogP contribution in [-0.4, -0.2) is 31.6 Å². The van der Waals surface area contributed by atoms with E-state index in [1.807, 2.05) is 0 Å². The largest absolute Gasteiger partial charge is 0.351 e. The fourth-order valence-electron chi connectivity index (χ4n) is 4.89. The SMILES string of the molecule is N[C@H]1CC[C@H](Nc2ncc3nc(Nc4ccc(F)cc4F)n(C4CCCCC4)c3n2)CC1. The molecule has 3 aromatic rings. The highest BCUT2D eigenvalue weighted by atomic mass is 19.1. The van der Waals surface area contributed by atoms with Crippen molar-refractivity contribution >= 4 is 28.7 Å². The molecule has 0 saturated heterocycles. The number of fused-ring (bicyclic) bond motifs is 1. The average molecular weight is 442 g/mol. The van der Waals surface area contributed by atoms with E-state index in [0.29, 0.717) is 23.5 Å². The summed E-state index contributed by atoms with van der Waals surface area (Å²) < 4.78 is 29.8. The molecule has 5 rings (SSSR count). The second-order valence-electron chi connectivity index (χ2n) is 9.00. The van der Waals surface area contributed by atoms with Crippen molar-refractivity contribution in [3.8, 4) is 0 Å². The predicted molar refractivity (Wildman–Crippen MR) is 121 cm³/mol. The quantitative estimate of drug-likeness (QED) is 0.514. The molecular formula is C23H29F2N7. The van der Waals surface area contributed by atoms with Gasteiger partial charge in [0.2, 0.25) is 11.9 Å². The first-order chi connectivity index (χ1) is 15.6. The topological polar surface area (TPSA) is 93.7 Å². The van der Waals surface area contributed by atoms with Gasteiger partial charge in [0, 0.05) is 24.2 Å². The van der Waals surface area contributed by atoms with Gasteiger partial charge < -0.3 is 16.4 Å². The number of imidazole rings is 1. The van der Waals surface area contributed by atoms with Gasteiger partial charge in [0.05, 0.1) is 11.9 Å². The first-order valence-electron chi connectivity index (χ1n) is 11.6. The Morgan fingerprint density at radius 3 is 2.50 bits per heavy atom. The highest BCUT2D eigenvalue weighted by molar-refractivity contribution is 5.76. The maximum absolute atomic E-state index is 14.3. The maximum atomic E-state index is 14.3. The Kier molecular flexibility index (Phi) is 5.91. The van der Waals surface area contributed by atoms with E-state index < -0.39 is 11.6 Å². The van der Waals surface area contributed by atoms with Gasteiger partial charge in [-0.1, -0.05) is 19.3 Å². The lowest BCUT2D eigenvalue weighted by Gasteiger charge is -2.27. The van der Waals surface area contributed by atoms with Gasteiger partial charge in [0.1, 0.15) is 17.2 Å². The Balaban J connectivity index is 1.49. The van der Waals surface area contributed by atoms with Gasteiger partial charge in [-0.25, -0.2) is 18.7 Å². The molecule has 4 N–H and O–H groups in total. The molecule has 7 nitrogen and oxygen atoms in total. The highest BCUT2D eigenvalue weighted by Crippen LogP contribution is 2.35. The van der Waals surface area contributed by atoms with Gasteiger partial charge in [0.15, 0.2) is 5.65 Å². The molecule has 32 heavy (non-hydrogen) atoms. The summed E-state index contributed by atoms with van der Waals surface area (Å²) in [5.74, 6) is -0.183. The molecule has 0 aliphatic heterocycles. The molecule has 2 heterocycles. The molecule has 2 fully saturated rings. The van der Waals surface area contributed by atoms with Gasteiger partial charge in [-0.05, 0) is 50.7 Å². The molecule has 1 aromatic carbocycles. The van der Waals surface area contributed by atoms with Crippen molar-refractivity contribution in [1.82, 2.24) is 19.5 Å². The van der Waals surface area contributed by atoms with Crippen molar-refractivity contribution in [3.05, 3.63) is 36.0 Å². The van der Waals surface area contributed by atoms with Crippen molar-refractivity contribution in [2.24, 2.45) is 5.73 Å². The molecule has 0 spiro atoms. The number of nitrogens with two attached hydrogens (primary N) is 1. The highest BCUT2D eigenvalue weighted by Gasteiger charge is 2.25. The first kappa shape index (κ1) is 21.1. The zero-order valence-electron chi connectivity index (χ0n) is 18.0. The van der Waals surface area contributed by atoms with Crippen molar-refractivity contribution in [3.63, 3.8) is 0 Å². The van der Waals surface area contributed by atoms with Crippen molar-refractivity contribution < 1.29 is 8.78 Å². The standard InChI is InChI=1S/C23H29F2N7/c24-14-6-11-19(18(25)12-14)29-23-30-20-13-27-22(28-16-9-7-15(26)8-10-16)31-21(20)32(23)17-4-2-1-3-5-17/h6,11-13,15-17H,1-5,7-10,26H2,(H,29,30)(H,27,28,31)/t15-,16-. The third-order valence-electron chi connectivity index (χ3n) is 6.66. The lowest BCUT2D eigenvalue weighted by atomic mass is 9.92. The molecule has 0 unspecified atom stereocenters. The molecule has 2 aliphatic rings. The average Bonchev–Trinajstić information content (AvgIpc) is 3.15. The minimum atomic E-state index is -0.656. The van der Waals surface area contributed by atoms with Crippen LogP contribution in [0.2, 0.25) is 0 Å². The molecule has 2 saturated carbocycles. The number of aromatic nitrogens is 4. The molecule has 0 atom stereocenters. The molecule has 0 radical (unpaired) electrons. The second-order valence-corrected chi connectivity index (χ2v) is 9.00. The van der Waals surface area contributed by atoms with Crippen LogP contribution in [0.15, 0.2) is 24.4 Å². The van der Waals surface area contributed by atoms with Gasteiger partial charge in [-0.2, -0.15) is 4.98 Å². The Bertz CT molecular complexity index is 1090. The number of hydrogen-bond donors (Lipinski definition) is 3. The smallest absolute Gasteiger partial charge is 0.224 e. The number of rotatable bonds is 5. The predicted octanol–water partition coefficient (Wildman–Crippen LogP) is 5.04.